The third-order valence-electron chi connectivity index (χ3n) is 4.31. The number of rotatable bonds is 2. The van der Waals surface area contributed by atoms with Crippen LogP contribution in [0.3, 0.4) is 0 Å². The molecular formula is C18H20ClNO. The van der Waals surface area contributed by atoms with Crippen molar-refractivity contribution < 1.29 is 4.79 Å². The first kappa shape index (κ1) is 14.4. The van der Waals surface area contributed by atoms with Crippen LogP contribution in [0.1, 0.15) is 36.0 Å². The predicted octanol–water partition coefficient (Wildman–Crippen LogP) is 4.46. The monoisotopic (exact) mass is 301 g/mol. The summed E-state index contributed by atoms with van der Waals surface area (Å²) in [5.41, 5.74) is 0.769. The topological polar surface area (TPSA) is 20.3 Å². The van der Waals surface area contributed by atoms with Crippen LogP contribution in [-0.2, 0) is 0 Å². The Balaban J connectivity index is 1.90. The van der Waals surface area contributed by atoms with Crippen LogP contribution in [0.25, 0.3) is 10.8 Å². The lowest BCUT2D eigenvalue weighted by atomic mass is 10.1. The Morgan fingerprint density at radius 1 is 1.10 bits per heavy atom. The van der Waals surface area contributed by atoms with Crippen molar-refractivity contribution >= 4 is 28.3 Å². The molecule has 0 saturated carbocycles. The van der Waals surface area contributed by atoms with Gasteiger partial charge < -0.3 is 4.90 Å². The number of amides is 1. The zero-order valence-electron chi connectivity index (χ0n) is 12.1. The lowest BCUT2D eigenvalue weighted by Crippen LogP contribution is -2.41. The molecule has 2 nitrogen and oxygen atoms in total. The van der Waals surface area contributed by atoms with E-state index in [-0.39, 0.29) is 11.9 Å². The number of likely N-dealkylation sites (tertiary alicyclic amines) is 1. The highest BCUT2D eigenvalue weighted by Gasteiger charge is 2.25. The molecule has 110 valence electrons. The van der Waals surface area contributed by atoms with Crippen LogP contribution in [-0.4, -0.2) is 29.3 Å². The van der Waals surface area contributed by atoms with Crippen LogP contribution < -0.4 is 0 Å². The number of halogens is 1. The normalized spacial score (nSPS) is 19.5. The lowest BCUT2D eigenvalue weighted by molar-refractivity contribution is 0.0700. The van der Waals surface area contributed by atoms with E-state index in [9.17, 15) is 4.79 Å². The summed E-state index contributed by atoms with van der Waals surface area (Å²) in [6, 6.07) is 14.3. The van der Waals surface area contributed by atoms with E-state index in [0.29, 0.717) is 5.88 Å². The molecule has 0 aliphatic carbocycles. The molecule has 0 radical (unpaired) electrons. The van der Waals surface area contributed by atoms with Crippen molar-refractivity contribution in [1.29, 1.82) is 0 Å². The van der Waals surface area contributed by atoms with E-state index in [2.05, 4.69) is 6.07 Å². The van der Waals surface area contributed by atoms with Crippen molar-refractivity contribution in [2.24, 2.45) is 0 Å². The molecule has 0 spiro atoms. The van der Waals surface area contributed by atoms with Gasteiger partial charge in [-0.05, 0) is 35.7 Å². The smallest absolute Gasteiger partial charge is 0.254 e. The number of hydrogen-bond donors (Lipinski definition) is 0. The van der Waals surface area contributed by atoms with Gasteiger partial charge in [-0.1, -0.05) is 43.2 Å². The Kier molecular flexibility index (Phi) is 4.45. The number of benzene rings is 2. The maximum absolute atomic E-state index is 12.8. The van der Waals surface area contributed by atoms with Gasteiger partial charge >= 0.3 is 0 Å². The van der Waals surface area contributed by atoms with Crippen LogP contribution in [0.4, 0.5) is 0 Å². The van der Waals surface area contributed by atoms with Gasteiger partial charge in [-0.25, -0.2) is 0 Å². The van der Waals surface area contributed by atoms with Gasteiger partial charge in [0.2, 0.25) is 0 Å². The molecule has 1 amide bonds. The minimum atomic E-state index is 0.119. The highest BCUT2D eigenvalue weighted by atomic mass is 35.5. The first-order valence-corrected chi connectivity index (χ1v) is 8.19. The maximum Gasteiger partial charge on any atom is 0.254 e. The van der Waals surface area contributed by atoms with Gasteiger partial charge in [0, 0.05) is 24.0 Å². The van der Waals surface area contributed by atoms with Crippen molar-refractivity contribution in [3.8, 4) is 0 Å². The Bertz CT molecular complexity index is 640. The number of carbonyl (C=O) groups excluding carboxylic acids is 1. The summed E-state index contributed by atoms with van der Waals surface area (Å²) in [6.45, 7) is 0.822. The third-order valence-corrected chi connectivity index (χ3v) is 4.67. The Hall–Kier alpha value is -1.54. The number of carbonyl (C=O) groups is 1. The summed E-state index contributed by atoms with van der Waals surface area (Å²) in [5, 5.41) is 2.28. The molecule has 1 saturated heterocycles. The first-order valence-electron chi connectivity index (χ1n) is 7.65. The average Bonchev–Trinajstić information content (AvgIpc) is 2.79. The zero-order valence-corrected chi connectivity index (χ0v) is 12.9. The molecule has 0 N–H and O–H groups in total. The fourth-order valence-electron chi connectivity index (χ4n) is 3.09. The Morgan fingerprint density at radius 3 is 2.71 bits per heavy atom. The standard InChI is InChI=1S/C18H20ClNO/c19-13-17-8-2-1-5-11-20(17)18(21)16-10-9-14-6-3-4-7-15(14)12-16/h3-4,6-7,9-10,12,17H,1-2,5,8,11,13H2. The van der Waals surface area contributed by atoms with Crippen LogP contribution in [0.5, 0.6) is 0 Å². The molecule has 2 aromatic carbocycles. The minimum absolute atomic E-state index is 0.119. The van der Waals surface area contributed by atoms with E-state index in [1.165, 1.54) is 18.2 Å². The summed E-state index contributed by atoms with van der Waals surface area (Å²) in [5.74, 6) is 0.646. The largest absolute Gasteiger partial charge is 0.334 e. The molecule has 1 aliphatic heterocycles. The van der Waals surface area contributed by atoms with Crippen molar-refractivity contribution in [3.63, 3.8) is 0 Å². The van der Waals surface area contributed by atoms with E-state index >= 15 is 0 Å². The molecule has 0 bridgehead atoms. The van der Waals surface area contributed by atoms with Crippen molar-refractivity contribution in [2.75, 3.05) is 12.4 Å². The van der Waals surface area contributed by atoms with E-state index in [0.717, 1.165) is 30.3 Å². The van der Waals surface area contributed by atoms with Gasteiger partial charge in [-0.2, -0.15) is 0 Å². The predicted molar refractivity (Wildman–Crippen MR) is 88.0 cm³/mol. The molecule has 1 unspecified atom stereocenters. The van der Waals surface area contributed by atoms with Crippen LogP contribution >= 0.6 is 11.6 Å². The van der Waals surface area contributed by atoms with Crippen molar-refractivity contribution in [2.45, 2.75) is 31.7 Å². The van der Waals surface area contributed by atoms with Crippen LogP contribution in [0.15, 0.2) is 42.5 Å². The van der Waals surface area contributed by atoms with Crippen LogP contribution in [0, 0.1) is 0 Å². The third kappa shape index (κ3) is 3.06. The quantitative estimate of drug-likeness (QED) is 0.750. The molecule has 0 aromatic heterocycles. The lowest BCUT2D eigenvalue weighted by Gasteiger charge is -2.28. The molecule has 1 heterocycles. The number of hydrogen-bond acceptors (Lipinski definition) is 1. The van der Waals surface area contributed by atoms with Gasteiger partial charge in [0.25, 0.3) is 5.91 Å². The SMILES string of the molecule is O=C(c1ccc2ccccc2c1)N1CCCCCC1CCl. The summed E-state index contributed by atoms with van der Waals surface area (Å²) in [7, 11) is 0. The maximum atomic E-state index is 12.8. The van der Waals surface area contributed by atoms with E-state index in [1.807, 2.05) is 41.3 Å². The van der Waals surface area contributed by atoms with Crippen LogP contribution in [0.2, 0.25) is 0 Å². The van der Waals surface area contributed by atoms with Gasteiger partial charge in [-0.15, -0.1) is 11.6 Å². The minimum Gasteiger partial charge on any atom is -0.334 e. The molecule has 1 aliphatic rings. The Morgan fingerprint density at radius 2 is 1.90 bits per heavy atom. The van der Waals surface area contributed by atoms with Crippen molar-refractivity contribution in [1.82, 2.24) is 4.90 Å². The first-order chi connectivity index (χ1) is 10.3. The fourth-order valence-corrected chi connectivity index (χ4v) is 3.41. The van der Waals surface area contributed by atoms with Gasteiger partial charge in [0.05, 0.1) is 0 Å². The summed E-state index contributed by atoms with van der Waals surface area (Å²) in [6.07, 6.45) is 4.45. The van der Waals surface area contributed by atoms with Gasteiger partial charge in [0.1, 0.15) is 0 Å². The molecule has 2 aromatic rings. The van der Waals surface area contributed by atoms with E-state index in [4.69, 9.17) is 11.6 Å². The van der Waals surface area contributed by atoms with Crippen molar-refractivity contribution in [3.05, 3.63) is 48.0 Å². The fraction of sp³-hybridized carbons (Fsp3) is 0.389. The molecule has 21 heavy (non-hydrogen) atoms. The highest BCUT2D eigenvalue weighted by molar-refractivity contribution is 6.18. The Labute approximate surface area is 130 Å². The van der Waals surface area contributed by atoms with E-state index in [1.54, 1.807) is 0 Å². The number of alkyl halides is 1. The number of fused-ring (bicyclic) bond motifs is 1. The van der Waals surface area contributed by atoms with Gasteiger partial charge in [0.15, 0.2) is 0 Å². The van der Waals surface area contributed by atoms with E-state index < -0.39 is 0 Å². The number of nitrogens with zero attached hydrogens (tertiary/aromatic N) is 1. The second-order valence-corrected chi connectivity index (χ2v) is 6.03. The molecule has 1 fully saturated rings. The molecular weight excluding hydrogens is 282 g/mol. The molecule has 3 heteroatoms. The molecule has 3 rings (SSSR count). The summed E-state index contributed by atoms with van der Waals surface area (Å²) >= 11 is 6.08. The second kappa shape index (κ2) is 6.48. The van der Waals surface area contributed by atoms with Gasteiger partial charge in [-0.3, -0.25) is 4.79 Å². The summed E-state index contributed by atoms with van der Waals surface area (Å²) < 4.78 is 0. The summed E-state index contributed by atoms with van der Waals surface area (Å²) in [4.78, 5) is 14.8. The molecule has 1 atom stereocenters. The average molecular weight is 302 g/mol. The second-order valence-electron chi connectivity index (χ2n) is 5.72. The highest BCUT2D eigenvalue weighted by Crippen LogP contribution is 2.22. The zero-order chi connectivity index (χ0) is 14.7.